The average molecular weight is 518 g/mol. The summed E-state index contributed by atoms with van der Waals surface area (Å²) in [5.74, 6) is -4.81. The second kappa shape index (κ2) is 13.4. The summed E-state index contributed by atoms with van der Waals surface area (Å²) in [7, 11) is 0. The van der Waals surface area contributed by atoms with Gasteiger partial charge in [0.1, 0.15) is 18.3 Å². The first kappa shape index (κ1) is 31.1. The number of esters is 2. The molecule has 1 heterocycles. The van der Waals surface area contributed by atoms with E-state index in [4.69, 9.17) is 31.1 Å². The minimum absolute atomic E-state index is 0.00976. The second-order valence-electron chi connectivity index (χ2n) is 9.37. The van der Waals surface area contributed by atoms with Crippen LogP contribution in [-0.4, -0.2) is 88.0 Å². The Morgan fingerprint density at radius 1 is 1.22 bits per heavy atom. The summed E-state index contributed by atoms with van der Waals surface area (Å²) in [6.07, 6.45) is -3.37. The molecule has 0 saturated heterocycles. The lowest BCUT2D eigenvalue weighted by Gasteiger charge is -2.40. The summed E-state index contributed by atoms with van der Waals surface area (Å²) in [6, 6.07) is -2.38. The Bertz CT molecular complexity index is 833. The smallest absolute Gasteiger partial charge is 0.376 e. The summed E-state index contributed by atoms with van der Waals surface area (Å²) in [4.78, 5) is 36.9. The van der Waals surface area contributed by atoms with Crippen molar-refractivity contribution >= 4 is 23.8 Å². The predicted molar refractivity (Wildman–Crippen MR) is 127 cm³/mol. The van der Waals surface area contributed by atoms with Crippen LogP contribution in [0.15, 0.2) is 11.8 Å². The molecule has 1 rings (SSSR count). The number of rotatable bonds is 12. The molecular weight excluding hydrogens is 478 g/mol. The van der Waals surface area contributed by atoms with Crippen LogP contribution < -0.4 is 22.1 Å². The molecule has 1 amide bonds. The largest absolute Gasteiger partial charge is 0.478 e. The van der Waals surface area contributed by atoms with Crippen LogP contribution >= 0.6 is 0 Å². The topological polar surface area (TPSA) is 240 Å². The number of aliphatic hydroxyl groups excluding tert-OH is 3. The lowest BCUT2D eigenvalue weighted by molar-refractivity contribution is -0.217. The van der Waals surface area contributed by atoms with Crippen LogP contribution in [0.3, 0.4) is 0 Å². The molecule has 0 radical (unpaired) electrons. The number of carbonyl (C=O) groups excluding carboxylic acids is 3. The summed E-state index contributed by atoms with van der Waals surface area (Å²) >= 11 is 0. The third-order valence-electron chi connectivity index (χ3n) is 5.38. The van der Waals surface area contributed by atoms with Crippen LogP contribution in [0.1, 0.15) is 47.5 Å². The van der Waals surface area contributed by atoms with E-state index in [0.717, 1.165) is 0 Å². The van der Waals surface area contributed by atoms with Gasteiger partial charge in [0.05, 0.1) is 18.7 Å². The third kappa shape index (κ3) is 9.60. The number of nitrogens with one attached hydrogen (secondary N) is 3. The summed E-state index contributed by atoms with van der Waals surface area (Å²) in [5.41, 5.74) is 11.4. The standard InChI is InChI=1S/C22H39N5O9/c1-10(2)12(23)6-7-16(31)35-22(4,5)36-20(33)15-8-13(27-21(24)25)17(26-11(3)29)19(34-15)18(32)14(30)9-28/h8,10,12-14,17-19,28,30,32H,6-7,9,23H2,1-5H3,(H,26,29)(H4,24,25,27)/t12-,13+,14-,17-,18+,19-/m1/s1. The van der Waals surface area contributed by atoms with Crippen molar-refractivity contribution in [2.45, 2.75) is 89.7 Å². The molecule has 1 aliphatic rings. The Hall–Kier alpha value is -2.94. The van der Waals surface area contributed by atoms with E-state index >= 15 is 0 Å². The van der Waals surface area contributed by atoms with Gasteiger partial charge in [0.15, 0.2) is 5.96 Å². The zero-order valence-corrected chi connectivity index (χ0v) is 21.2. The normalized spacial score (nSPS) is 22.4. The van der Waals surface area contributed by atoms with E-state index in [-0.39, 0.29) is 18.4 Å². The van der Waals surface area contributed by atoms with Gasteiger partial charge in [0, 0.05) is 33.2 Å². The molecular formula is C22H39N5O9. The average Bonchev–Trinajstić information content (AvgIpc) is 2.75. The highest BCUT2D eigenvalue weighted by molar-refractivity contribution is 5.87. The number of ether oxygens (including phenoxy) is 3. The van der Waals surface area contributed by atoms with Gasteiger partial charge >= 0.3 is 11.9 Å². The van der Waals surface area contributed by atoms with E-state index in [0.29, 0.717) is 6.42 Å². The van der Waals surface area contributed by atoms with Crippen LogP contribution in [0.4, 0.5) is 0 Å². The van der Waals surface area contributed by atoms with E-state index in [9.17, 15) is 29.7 Å². The zero-order valence-electron chi connectivity index (χ0n) is 21.2. The van der Waals surface area contributed by atoms with Crippen molar-refractivity contribution in [1.29, 1.82) is 5.41 Å². The third-order valence-corrected chi connectivity index (χ3v) is 5.38. The molecule has 14 heteroatoms. The van der Waals surface area contributed by atoms with Crippen LogP contribution in [-0.2, 0) is 28.6 Å². The Labute approximate surface area is 209 Å². The number of hydrogen-bond acceptors (Lipinski definition) is 11. The van der Waals surface area contributed by atoms with Gasteiger partial charge in [-0.3, -0.25) is 15.0 Å². The lowest BCUT2D eigenvalue weighted by Crippen LogP contribution is -2.64. The molecule has 0 saturated carbocycles. The summed E-state index contributed by atoms with van der Waals surface area (Å²) in [5, 5.41) is 42.3. The monoisotopic (exact) mass is 517 g/mol. The second-order valence-corrected chi connectivity index (χ2v) is 9.37. The van der Waals surface area contributed by atoms with Crippen LogP contribution in [0, 0.1) is 11.3 Å². The van der Waals surface area contributed by atoms with E-state index in [1.807, 2.05) is 13.8 Å². The van der Waals surface area contributed by atoms with Crippen LogP contribution in [0.25, 0.3) is 0 Å². The quantitative estimate of drug-likeness (QED) is 0.0602. The molecule has 0 aliphatic carbocycles. The van der Waals surface area contributed by atoms with E-state index < -0.39 is 72.4 Å². The molecule has 0 aromatic carbocycles. The highest BCUT2D eigenvalue weighted by atomic mass is 16.7. The number of amides is 1. The Balaban J connectivity index is 3.11. The first-order valence-corrected chi connectivity index (χ1v) is 11.5. The van der Waals surface area contributed by atoms with Gasteiger partial charge in [-0.05, 0) is 18.4 Å². The maximum absolute atomic E-state index is 12.9. The van der Waals surface area contributed by atoms with Gasteiger partial charge in [-0.2, -0.15) is 0 Å². The molecule has 1 aliphatic heterocycles. The molecule has 6 atom stereocenters. The molecule has 0 bridgehead atoms. The number of hydrogen-bond donors (Lipinski definition) is 8. The molecule has 0 unspecified atom stereocenters. The fraction of sp³-hybridized carbons (Fsp3) is 0.727. The van der Waals surface area contributed by atoms with Crippen molar-refractivity contribution in [3.8, 4) is 0 Å². The Morgan fingerprint density at radius 2 is 1.83 bits per heavy atom. The SMILES string of the molecule is CC(=O)N[C@H]1[C@H]([C@@H](O)[C@H](O)CO)OC(C(=O)OC(C)(C)OC(=O)CC[C@@H](N)C(C)C)=C[C@@H]1NC(=N)N. The molecule has 206 valence electrons. The lowest BCUT2D eigenvalue weighted by atomic mass is 9.92. The minimum Gasteiger partial charge on any atom is -0.478 e. The highest BCUT2D eigenvalue weighted by Gasteiger charge is 2.44. The highest BCUT2D eigenvalue weighted by Crippen LogP contribution is 2.26. The number of nitrogens with two attached hydrogens (primary N) is 2. The number of aliphatic hydroxyl groups is 3. The van der Waals surface area contributed by atoms with Crippen LogP contribution in [0.2, 0.25) is 0 Å². The van der Waals surface area contributed by atoms with E-state index in [1.165, 1.54) is 26.8 Å². The van der Waals surface area contributed by atoms with E-state index in [2.05, 4.69) is 10.6 Å². The van der Waals surface area contributed by atoms with E-state index in [1.54, 1.807) is 0 Å². The van der Waals surface area contributed by atoms with Gasteiger partial charge in [-0.1, -0.05) is 13.8 Å². The fourth-order valence-corrected chi connectivity index (χ4v) is 3.41. The Kier molecular flexibility index (Phi) is 11.6. The number of carbonyl (C=O) groups is 3. The van der Waals surface area contributed by atoms with Gasteiger partial charge in [0.25, 0.3) is 5.79 Å². The molecule has 0 fully saturated rings. The van der Waals surface area contributed by atoms with Gasteiger partial charge < -0.3 is 51.6 Å². The maximum Gasteiger partial charge on any atom is 0.376 e. The first-order chi connectivity index (χ1) is 16.6. The van der Waals surface area contributed by atoms with Crippen molar-refractivity contribution in [2.75, 3.05) is 6.61 Å². The van der Waals surface area contributed by atoms with Crippen molar-refractivity contribution in [2.24, 2.45) is 17.4 Å². The maximum atomic E-state index is 12.9. The van der Waals surface area contributed by atoms with Gasteiger partial charge in [-0.25, -0.2) is 4.79 Å². The molecule has 0 aromatic rings. The molecule has 0 spiro atoms. The van der Waals surface area contributed by atoms with Crippen molar-refractivity contribution in [1.82, 2.24) is 10.6 Å². The van der Waals surface area contributed by atoms with Gasteiger partial charge in [-0.15, -0.1) is 0 Å². The predicted octanol–water partition coefficient (Wildman–Crippen LogP) is -2.07. The van der Waals surface area contributed by atoms with Crippen molar-refractivity contribution in [3.63, 3.8) is 0 Å². The Morgan fingerprint density at radius 3 is 2.33 bits per heavy atom. The minimum atomic E-state index is -1.77. The summed E-state index contributed by atoms with van der Waals surface area (Å²) < 4.78 is 16.1. The molecule has 14 nitrogen and oxygen atoms in total. The molecule has 0 aromatic heterocycles. The molecule has 10 N–H and O–H groups in total. The molecule has 36 heavy (non-hydrogen) atoms. The van der Waals surface area contributed by atoms with Crippen molar-refractivity contribution in [3.05, 3.63) is 11.8 Å². The first-order valence-electron chi connectivity index (χ1n) is 11.5. The zero-order chi connectivity index (χ0) is 27.8. The fourth-order valence-electron chi connectivity index (χ4n) is 3.41. The summed E-state index contributed by atoms with van der Waals surface area (Å²) in [6.45, 7) is 6.87. The van der Waals surface area contributed by atoms with Crippen LogP contribution in [0.5, 0.6) is 0 Å². The number of guanidine groups is 1. The van der Waals surface area contributed by atoms with Crippen molar-refractivity contribution < 1.29 is 43.9 Å². The van der Waals surface area contributed by atoms with Gasteiger partial charge in [0.2, 0.25) is 11.7 Å².